The Bertz CT molecular complexity index is 611. The van der Waals surface area contributed by atoms with Gasteiger partial charge in [0.05, 0.1) is 12.1 Å². The van der Waals surface area contributed by atoms with Gasteiger partial charge in [-0.25, -0.2) is 4.79 Å². The summed E-state index contributed by atoms with van der Waals surface area (Å²) in [7, 11) is 0. The summed E-state index contributed by atoms with van der Waals surface area (Å²) in [5, 5.41) is 1.08. The summed E-state index contributed by atoms with van der Waals surface area (Å²) in [6, 6.07) is 18.6. The molecular formula is C18H19NO3. The number of nitrogens with zero attached hydrogens (tertiary/aromatic N) is 1. The summed E-state index contributed by atoms with van der Waals surface area (Å²) in [5.74, 6) is -0.672. The summed E-state index contributed by atoms with van der Waals surface area (Å²) < 4.78 is 0. The Morgan fingerprint density at radius 2 is 1.55 bits per heavy atom. The van der Waals surface area contributed by atoms with E-state index in [9.17, 15) is 9.59 Å². The molecule has 2 aromatic rings. The lowest BCUT2D eigenvalue weighted by molar-refractivity contribution is -0.150. The summed E-state index contributed by atoms with van der Waals surface area (Å²) >= 11 is 0. The molecule has 2 aromatic carbocycles. The molecule has 0 atom stereocenters. The molecule has 0 fully saturated rings. The summed E-state index contributed by atoms with van der Waals surface area (Å²) in [6.45, 7) is 1.73. The molecule has 1 amide bonds. The van der Waals surface area contributed by atoms with E-state index in [0.29, 0.717) is 12.1 Å². The smallest absolute Gasteiger partial charge is 0.333 e. The van der Waals surface area contributed by atoms with Crippen molar-refractivity contribution in [1.82, 2.24) is 0 Å². The number of benzene rings is 2. The number of hydrogen-bond donors (Lipinski definition) is 0. The molecule has 4 heteroatoms. The first-order valence-electron chi connectivity index (χ1n) is 7.33. The fraction of sp³-hybridized carbons (Fsp3) is 0.222. The van der Waals surface area contributed by atoms with Crippen LogP contribution < -0.4 is 5.06 Å². The molecule has 0 aliphatic rings. The lowest BCUT2D eigenvalue weighted by Crippen LogP contribution is -2.33. The highest BCUT2D eigenvalue weighted by Crippen LogP contribution is 2.16. The Morgan fingerprint density at radius 3 is 2.14 bits per heavy atom. The normalized spacial score (nSPS) is 10.0. The average Bonchev–Trinajstić information content (AvgIpc) is 2.59. The van der Waals surface area contributed by atoms with Gasteiger partial charge in [0.1, 0.15) is 0 Å². The molecule has 0 saturated heterocycles. The van der Waals surface area contributed by atoms with Gasteiger partial charge in [0, 0.05) is 6.42 Å². The molecule has 0 bridgehead atoms. The van der Waals surface area contributed by atoms with Gasteiger partial charge in [-0.05, 0) is 24.1 Å². The highest BCUT2D eigenvalue weighted by Gasteiger charge is 2.19. The van der Waals surface area contributed by atoms with Crippen LogP contribution in [0.15, 0.2) is 60.7 Å². The van der Waals surface area contributed by atoms with Crippen molar-refractivity contribution in [1.29, 1.82) is 0 Å². The monoisotopic (exact) mass is 297 g/mol. The molecule has 22 heavy (non-hydrogen) atoms. The summed E-state index contributed by atoms with van der Waals surface area (Å²) in [6.07, 6.45) is 1.08. The highest BCUT2D eigenvalue weighted by atomic mass is 16.7. The van der Waals surface area contributed by atoms with E-state index >= 15 is 0 Å². The maximum Gasteiger partial charge on any atom is 0.333 e. The Hall–Kier alpha value is -2.62. The molecule has 0 heterocycles. The van der Waals surface area contributed by atoms with Crippen LogP contribution in [-0.4, -0.2) is 11.9 Å². The minimum atomic E-state index is -0.422. The molecule has 4 nitrogen and oxygen atoms in total. The van der Waals surface area contributed by atoms with Gasteiger partial charge >= 0.3 is 5.97 Å². The van der Waals surface area contributed by atoms with Crippen molar-refractivity contribution in [3.05, 3.63) is 66.2 Å². The second kappa shape index (κ2) is 7.98. The number of aryl methyl sites for hydroxylation is 1. The Morgan fingerprint density at radius 1 is 0.955 bits per heavy atom. The van der Waals surface area contributed by atoms with Crippen molar-refractivity contribution >= 4 is 17.6 Å². The predicted molar refractivity (Wildman–Crippen MR) is 85.1 cm³/mol. The van der Waals surface area contributed by atoms with Crippen LogP contribution in [0.3, 0.4) is 0 Å². The SMILES string of the molecule is CCC(=O)N(OC(=O)CCc1ccccc1)c1ccccc1. The second-order valence-corrected chi connectivity index (χ2v) is 4.83. The third-order valence-corrected chi connectivity index (χ3v) is 3.17. The number of para-hydroxylation sites is 1. The third-order valence-electron chi connectivity index (χ3n) is 3.17. The maximum absolute atomic E-state index is 12.0. The number of anilines is 1. The summed E-state index contributed by atoms with van der Waals surface area (Å²) in [5.41, 5.74) is 1.62. The fourth-order valence-electron chi connectivity index (χ4n) is 1.99. The molecule has 0 aromatic heterocycles. The standard InChI is InChI=1S/C18H19NO3/c1-2-17(20)19(16-11-7-4-8-12-16)22-18(21)14-13-15-9-5-3-6-10-15/h3-12H,2,13-14H2,1H3. The van der Waals surface area contributed by atoms with Gasteiger partial charge in [0.15, 0.2) is 0 Å². The van der Waals surface area contributed by atoms with Gasteiger partial charge < -0.3 is 4.84 Å². The molecule has 0 unspecified atom stereocenters. The van der Waals surface area contributed by atoms with Gasteiger partial charge in [-0.3, -0.25) is 4.79 Å². The number of rotatable bonds is 5. The average molecular weight is 297 g/mol. The maximum atomic E-state index is 12.0. The zero-order valence-electron chi connectivity index (χ0n) is 12.6. The first-order chi connectivity index (χ1) is 10.7. The molecule has 0 saturated carbocycles. The molecule has 2 rings (SSSR count). The van der Waals surface area contributed by atoms with Crippen LogP contribution >= 0.6 is 0 Å². The van der Waals surface area contributed by atoms with Crippen molar-refractivity contribution in [2.75, 3.05) is 5.06 Å². The topological polar surface area (TPSA) is 46.6 Å². The quantitative estimate of drug-likeness (QED) is 0.793. The van der Waals surface area contributed by atoms with E-state index in [4.69, 9.17) is 4.84 Å². The molecular weight excluding hydrogens is 278 g/mol. The molecule has 0 N–H and O–H groups in total. The number of hydroxylamine groups is 1. The van der Waals surface area contributed by atoms with Crippen molar-refractivity contribution in [3.8, 4) is 0 Å². The van der Waals surface area contributed by atoms with Crippen LogP contribution in [0.1, 0.15) is 25.3 Å². The zero-order chi connectivity index (χ0) is 15.8. The Labute approximate surface area is 130 Å². The molecule has 0 spiro atoms. The lowest BCUT2D eigenvalue weighted by Gasteiger charge is -2.20. The minimum absolute atomic E-state index is 0.227. The van der Waals surface area contributed by atoms with Gasteiger partial charge in [-0.1, -0.05) is 55.5 Å². The molecule has 0 radical (unpaired) electrons. The Balaban J connectivity index is 1.98. The highest BCUT2D eigenvalue weighted by molar-refractivity contribution is 5.93. The fourth-order valence-corrected chi connectivity index (χ4v) is 1.99. The number of carbonyl (C=O) groups is 2. The molecule has 0 aliphatic carbocycles. The number of carbonyl (C=O) groups excluding carboxylic acids is 2. The van der Waals surface area contributed by atoms with E-state index in [1.54, 1.807) is 31.2 Å². The van der Waals surface area contributed by atoms with Crippen molar-refractivity contribution < 1.29 is 14.4 Å². The first kappa shape index (κ1) is 15.8. The van der Waals surface area contributed by atoms with E-state index in [1.807, 2.05) is 36.4 Å². The number of amides is 1. The first-order valence-corrected chi connectivity index (χ1v) is 7.33. The number of hydrogen-bond acceptors (Lipinski definition) is 3. The van der Waals surface area contributed by atoms with Crippen LogP contribution in [0.4, 0.5) is 5.69 Å². The Kier molecular flexibility index (Phi) is 5.72. The van der Waals surface area contributed by atoms with Crippen LogP contribution in [0, 0.1) is 0 Å². The third kappa shape index (κ3) is 4.45. The van der Waals surface area contributed by atoms with E-state index in [2.05, 4.69) is 0 Å². The van der Waals surface area contributed by atoms with Crippen molar-refractivity contribution in [3.63, 3.8) is 0 Å². The second-order valence-electron chi connectivity index (χ2n) is 4.83. The van der Waals surface area contributed by atoms with Crippen molar-refractivity contribution in [2.24, 2.45) is 0 Å². The van der Waals surface area contributed by atoms with Crippen LogP contribution in [0.5, 0.6) is 0 Å². The minimum Gasteiger partial charge on any atom is -0.333 e. The van der Waals surface area contributed by atoms with E-state index < -0.39 is 5.97 Å². The zero-order valence-corrected chi connectivity index (χ0v) is 12.6. The van der Waals surface area contributed by atoms with Crippen LogP contribution in [-0.2, 0) is 20.8 Å². The van der Waals surface area contributed by atoms with Crippen LogP contribution in [0.25, 0.3) is 0 Å². The predicted octanol–water partition coefficient (Wildman–Crippen LogP) is 3.52. The largest absolute Gasteiger partial charge is 0.333 e. The molecule has 0 aliphatic heterocycles. The van der Waals surface area contributed by atoms with Gasteiger partial charge in [0.25, 0.3) is 5.91 Å². The lowest BCUT2D eigenvalue weighted by atomic mass is 10.1. The van der Waals surface area contributed by atoms with Gasteiger partial charge in [0.2, 0.25) is 0 Å². The van der Waals surface area contributed by atoms with Gasteiger partial charge in [-0.15, -0.1) is 5.06 Å². The van der Waals surface area contributed by atoms with E-state index in [-0.39, 0.29) is 18.7 Å². The van der Waals surface area contributed by atoms with Gasteiger partial charge in [-0.2, -0.15) is 0 Å². The van der Waals surface area contributed by atoms with Crippen molar-refractivity contribution in [2.45, 2.75) is 26.2 Å². The summed E-state index contributed by atoms with van der Waals surface area (Å²) in [4.78, 5) is 29.2. The van der Waals surface area contributed by atoms with Crippen LogP contribution in [0.2, 0.25) is 0 Å². The van der Waals surface area contributed by atoms with E-state index in [0.717, 1.165) is 10.6 Å². The van der Waals surface area contributed by atoms with E-state index in [1.165, 1.54) is 0 Å². The molecule has 114 valence electrons.